The van der Waals surface area contributed by atoms with E-state index in [0.717, 1.165) is 24.9 Å². The van der Waals surface area contributed by atoms with E-state index >= 15 is 4.79 Å². The molecule has 0 spiro atoms. The summed E-state index contributed by atoms with van der Waals surface area (Å²) in [7, 11) is -2.48. The molecule has 6 rings (SSSR count). The van der Waals surface area contributed by atoms with Gasteiger partial charge in [-0.15, -0.1) is 0 Å². The van der Waals surface area contributed by atoms with Crippen molar-refractivity contribution >= 4 is 50.1 Å². The minimum absolute atomic E-state index is 0.0173. The van der Waals surface area contributed by atoms with E-state index in [0.29, 0.717) is 62.8 Å². The van der Waals surface area contributed by atoms with Crippen LogP contribution >= 0.6 is 0 Å². The monoisotopic (exact) mass is 904 g/mol. The first-order chi connectivity index (χ1) is 29.5. The number of pyridine rings is 1. The second-order valence-electron chi connectivity index (χ2n) is 18.8. The molecule has 2 aliphatic heterocycles. The Balaban J connectivity index is 1.40. The van der Waals surface area contributed by atoms with Gasteiger partial charge in [0.1, 0.15) is 11.9 Å². The van der Waals surface area contributed by atoms with Crippen molar-refractivity contribution in [1.82, 2.24) is 14.6 Å². The van der Waals surface area contributed by atoms with Crippen molar-refractivity contribution in [3.63, 3.8) is 0 Å². The van der Waals surface area contributed by atoms with E-state index in [1.807, 2.05) is 52.0 Å². The molecule has 0 unspecified atom stereocenters. The Morgan fingerprint density at radius 3 is 2.38 bits per heavy atom. The number of nitrogens with one attached hydrogen (secondary N) is 1. The minimum Gasteiger partial charge on any atom is -0.497 e. The maximum absolute atomic E-state index is 15.1. The number of rotatable bonds is 13. The second-order valence-corrected chi connectivity index (χ2v) is 21.0. The van der Waals surface area contributed by atoms with Gasteiger partial charge in [-0.05, 0) is 109 Å². The van der Waals surface area contributed by atoms with Gasteiger partial charge in [0.05, 0.1) is 54.1 Å². The van der Waals surface area contributed by atoms with Gasteiger partial charge < -0.3 is 24.0 Å². The Bertz CT molecular complexity index is 2210. The van der Waals surface area contributed by atoms with E-state index < -0.39 is 91.8 Å². The number of anilines is 1. The summed E-state index contributed by atoms with van der Waals surface area (Å²) >= 11 is 0. The molecule has 1 saturated heterocycles. The predicted octanol–water partition coefficient (Wildman–Crippen LogP) is 7.69. The lowest BCUT2D eigenvalue weighted by Crippen LogP contribution is -2.49. The lowest BCUT2D eigenvalue weighted by atomic mass is 9.79. The van der Waals surface area contributed by atoms with E-state index in [2.05, 4.69) is 9.62 Å². The first-order valence-electron chi connectivity index (χ1n) is 22.3. The molecule has 348 valence electrons. The lowest BCUT2D eigenvalue weighted by molar-refractivity contribution is -0.257. The largest absolute Gasteiger partial charge is 0.497 e. The van der Waals surface area contributed by atoms with Gasteiger partial charge in [0.2, 0.25) is 33.3 Å². The van der Waals surface area contributed by atoms with Crippen LogP contribution in [0.4, 0.5) is 18.9 Å². The van der Waals surface area contributed by atoms with E-state index in [1.165, 1.54) is 4.90 Å². The van der Waals surface area contributed by atoms with Crippen LogP contribution in [0.1, 0.15) is 113 Å². The minimum atomic E-state index is -4.87. The topological polar surface area (TPSA) is 162 Å². The standard InChI is InChI=1S/C46H63F3N4O9S/c1-9-29-20-28(4)14-12-13-15-30-24-45(30,42(57)51-63(58,59)44(7)18-19-44)25-38(54)36-22-32(27-53(36)41(56)34(29)23-39(55)62-43(5,6)46(47,48)49)61-40-33-17-16-31(60-8)21-35(33)37(26-50-40)52(10-2)11-3/h13,15-17,21,26,28-30,32,34,36H,9-12,14,18-20,22-25,27H2,1-8H3,(H,51,57)/b15-13-/t28-,29-,30-,32-,34+,36+,45-/m1/s1. The van der Waals surface area contributed by atoms with Gasteiger partial charge in [-0.1, -0.05) is 32.4 Å². The first kappa shape index (κ1) is 48.1. The third-order valence-corrected chi connectivity index (χ3v) is 16.2. The van der Waals surface area contributed by atoms with Gasteiger partial charge in [-0.25, -0.2) is 13.4 Å². The van der Waals surface area contributed by atoms with Crippen molar-refractivity contribution in [1.29, 1.82) is 0 Å². The third-order valence-electron chi connectivity index (χ3n) is 14.0. The smallest absolute Gasteiger partial charge is 0.427 e. The van der Waals surface area contributed by atoms with E-state index in [-0.39, 0.29) is 37.6 Å². The summed E-state index contributed by atoms with van der Waals surface area (Å²) in [6, 6.07) is 4.30. The van der Waals surface area contributed by atoms with Crippen molar-refractivity contribution in [2.45, 2.75) is 141 Å². The number of halogens is 3. The number of esters is 1. The Morgan fingerprint density at radius 2 is 1.76 bits per heavy atom. The number of sulfonamides is 1. The maximum Gasteiger partial charge on any atom is 0.427 e. The van der Waals surface area contributed by atoms with Gasteiger partial charge >= 0.3 is 12.1 Å². The number of amides is 2. The van der Waals surface area contributed by atoms with Crippen LogP contribution in [0.15, 0.2) is 36.5 Å². The highest BCUT2D eigenvalue weighted by Crippen LogP contribution is 2.58. The Hall–Kier alpha value is -4.41. The maximum atomic E-state index is 15.1. The molecule has 2 amide bonds. The summed E-state index contributed by atoms with van der Waals surface area (Å²) < 4.78 is 86.8. The molecule has 2 saturated carbocycles. The Labute approximate surface area is 368 Å². The Morgan fingerprint density at radius 1 is 1.06 bits per heavy atom. The zero-order valence-corrected chi connectivity index (χ0v) is 38.5. The molecule has 1 aromatic carbocycles. The number of allylic oxidation sites excluding steroid dienone is 2. The number of Topliss-reactive ketones (excluding diaryl/α,β-unsaturated/α-hetero) is 1. The third kappa shape index (κ3) is 9.97. The van der Waals surface area contributed by atoms with Crippen LogP contribution in [0.3, 0.4) is 0 Å². The number of aromatic nitrogens is 1. The molecule has 4 aliphatic rings. The summed E-state index contributed by atoms with van der Waals surface area (Å²) in [4.78, 5) is 65.8. The number of benzene rings is 1. The summed E-state index contributed by atoms with van der Waals surface area (Å²) in [5.74, 6) is -4.24. The van der Waals surface area contributed by atoms with Gasteiger partial charge in [0, 0.05) is 36.7 Å². The van der Waals surface area contributed by atoms with Gasteiger partial charge in [0.25, 0.3) is 0 Å². The molecule has 63 heavy (non-hydrogen) atoms. The molecule has 13 nitrogen and oxygen atoms in total. The average Bonchev–Trinajstić information content (AvgIpc) is 4.10. The highest BCUT2D eigenvalue weighted by molar-refractivity contribution is 7.91. The quantitative estimate of drug-likeness (QED) is 0.155. The highest BCUT2D eigenvalue weighted by atomic mass is 32.2. The molecule has 3 heterocycles. The first-order valence-corrected chi connectivity index (χ1v) is 23.7. The summed E-state index contributed by atoms with van der Waals surface area (Å²) in [6.07, 6.45) is 1.93. The molecule has 17 heteroatoms. The highest BCUT2D eigenvalue weighted by Gasteiger charge is 2.63. The molecule has 2 aromatic rings. The van der Waals surface area contributed by atoms with Gasteiger partial charge in [-0.3, -0.25) is 23.9 Å². The molecule has 1 N–H and O–H groups in total. The number of nitrogens with zero attached hydrogens (tertiary/aromatic N) is 3. The average molecular weight is 905 g/mol. The molecule has 1 aromatic heterocycles. The predicted molar refractivity (Wildman–Crippen MR) is 232 cm³/mol. The molecule has 7 atom stereocenters. The van der Waals surface area contributed by atoms with E-state index in [1.54, 1.807) is 26.3 Å². The van der Waals surface area contributed by atoms with Gasteiger partial charge in [-0.2, -0.15) is 13.2 Å². The number of hydrogen-bond acceptors (Lipinski definition) is 11. The number of fused-ring (bicyclic) bond motifs is 3. The van der Waals surface area contributed by atoms with Crippen LogP contribution in [-0.4, -0.2) is 97.3 Å². The fourth-order valence-corrected chi connectivity index (χ4v) is 10.6. The van der Waals surface area contributed by atoms with E-state index in [9.17, 15) is 36.0 Å². The lowest BCUT2D eigenvalue weighted by Gasteiger charge is -2.34. The number of ether oxygens (including phenoxy) is 3. The van der Waals surface area contributed by atoms with Crippen molar-refractivity contribution in [2.75, 3.05) is 31.6 Å². The zero-order valence-electron chi connectivity index (χ0n) is 37.7. The van der Waals surface area contributed by atoms with Crippen LogP contribution < -0.4 is 19.1 Å². The fraction of sp³-hybridized carbons (Fsp3) is 0.674. The second kappa shape index (κ2) is 18.2. The van der Waals surface area contributed by atoms with Crippen molar-refractivity contribution in [3.05, 3.63) is 36.5 Å². The van der Waals surface area contributed by atoms with Gasteiger partial charge in [0.15, 0.2) is 5.78 Å². The summed E-state index contributed by atoms with van der Waals surface area (Å²) in [5, 5.41) is 1.46. The molecule has 0 bridgehead atoms. The molecule has 2 aliphatic carbocycles. The van der Waals surface area contributed by atoms with Crippen LogP contribution in [0, 0.1) is 29.1 Å². The number of methoxy groups -OCH3 is 1. The number of hydrogen-bond donors (Lipinski definition) is 1. The molecule has 0 radical (unpaired) electrons. The fourth-order valence-electron chi connectivity index (χ4n) is 9.28. The van der Waals surface area contributed by atoms with Crippen molar-refractivity contribution in [2.24, 2.45) is 29.1 Å². The van der Waals surface area contributed by atoms with Crippen molar-refractivity contribution < 1.29 is 55.0 Å². The molecular formula is C46H63F3N4O9S. The molecule has 3 fully saturated rings. The number of carbonyl (C=O) groups is 4. The molecular weight excluding hydrogens is 842 g/mol. The zero-order chi connectivity index (χ0) is 46.3. The van der Waals surface area contributed by atoms with Crippen LogP contribution in [0.2, 0.25) is 0 Å². The summed E-state index contributed by atoms with van der Waals surface area (Å²) in [6.45, 7) is 12.3. The number of ketones is 1. The summed E-state index contributed by atoms with van der Waals surface area (Å²) in [5.41, 5.74) is -3.36. The van der Waals surface area contributed by atoms with E-state index in [4.69, 9.17) is 19.2 Å². The number of carbonyl (C=O) groups excluding carboxylic acids is 4. The van der Waals surface area contributed by atoms with Crippen molar-refractivity contribution in [3.8, 4) is 11.6 Å². The van der Waals surface area contributed by atoms with Crippen LogP contribution in [-0.2, 0) is 33.9 Å². The van der Waals surface area contributed by atoms with Crippen LogP contribution in [0.25, 0.3) is 10.8 Å². The Kier molecular flexibility index (Phi) is 13.9. The number of alkyl halides is 3. The SMILES string of the molecule is CC[C@@H]1C[C@H](C)CC/C=C\[C@@H]2C[C@@]2(C(=O)NS(=O)(=O)C2(C)CC2)CC(=O)[C@@H]2C[C@@H](Oc3ncc(N(CC)CC)c4cc(OC)ccc34)CN2C(=O)[C@H]1CC(=O)OC(C)(C)C(F)(F)F. The normalized spacial score (nSPS) is 28.2. The van der Waals surface area contributed by atoms with Crippen LogP contribution in [0.5, 0.6) is 11.6 Å².